The molecule has 2 N–H and O–H groups in total. The summed E-state index contributed by atoms with van der Waals surface area (Å²) in [7, 11) is 0. The first-order chi connectivity index (χ1) is 19.9. The van der Waals surface area contributed by atoms with Crippen molar-refractivity contribution in [1.29, 1.82) is 0 Å². The van der Waals surface area contributed by atoms with Crippen molar-refractivity contribution in [3.63, 3.8) is 0 Å². The molecule has 3 amide bonds. The first kappa shape index (κ1) is 34.9. The second kappa shape index (κ2) is 14.7. The van der Waals surface area contributed by atoms with E-state index in [0.717, 1.165) is 5.56 Å². The van der Waals surface area contributed by atoms with Crippen LogP contribution in [0.5, 0.6) is 0 Å². The Bertz CT molecular complexity index is 1300. The van der Waals surface area contributed by atoms with Crippen molar-refractivity contribution in [3.05, 3.63) is 71.3 Å². The van der Waals surface area contributed by atoms with Gasteiger partial charge in [-0.05, 0) is 85.6 Å². The number of amides is 3. The van der Waals surface area contributed by atoms with Crippen molar-refractivity contribution >= 4 is 23.9 Å². The molecule has 43 heavy (non-hydrogen) atoms. The fourth-order valence-corrected chi connectivity index (χ4v) is 4.32. The van der Waals surface area contributed by atoms with Crippen molar-refractivity contribution < 1.29 is 28.7 Å². The highest BCUT2D eigenvalue weighted by Crippen LogP contribution is 2.26. The molecule has 0 spiro atoms. The molecule has 9 nitrogen and oxygen atoms in total. The maximum atomic E-state index is 14.2. The topological polar surface area (TPSA) is 114 Å². The summed E-state index contributed by atoms with van der Waals surface area (Å²) in [4.78, 5) is 55.2. The maximum absolute atomic E-state index is 14.2. The van der Waals surface area contributed by atoms with Crippen molar-refractivity contribution in [2.45, 2.75) is 104 Å². The Morgan fingerprint density at radius 3 is 1.88 bits per heavy atom. The number of hydrogen-bond donors (Lipinski definition) is 2. The van der Waals surface area contributed by atoms with Crippen LogP contribution in [0.1, 0.15) is 85.0 Å². The fourth-order valence-electron chi connectivity index (χ4n) is 4.32. The number of alkyl carbamates (subject to hydrolysis) is 1. The van der Waals surface area contributed by atoms with Crippen LogP contribution in [-0.4, -0.2) is 58.1 Å². The Morgan fingerprint density at radius 2 is 1.40 bits per heavy atom. The van der Waals surface area contributed by atoms with Gasteiger partial charge in [0, 0.05) is 18.0 Å². The minimum Gasteiger partial charge on any atom is -0.458 e. The van der Waals surface area contributed by atoms with Gasteiger partial charge in [0.05, 0.1) is 0 Å². The minimum atomic E-state index is -1.16. The van der Waals surface area contributed by atoms with Gasteiger partial charge in [0.1, 0.15) is 29.3 Å². The molecule has 0 saturated heterocycles. The second-order valence-corrected chi connectivity index (χ2v) is 12.7. The molecule has 0 saturated carbocycles. The third-order valence-corrected chi connectivity index (χ3v) is 6.12. The van der Waals surface area contributed by atoms with E-state index in [2.05, 4.69) is 16.6 Å². The molecule has 0 heterocycles. The standard InChI is InChI=1S/C34H45N3O6/c1-11-24-17-19-26(20-18-24)28(37(22(2)3)30(39)23(4)35-32(41)43-34(8,9)10)29(38)36-27(31(40)42-33(5,6)7)21-25-15-13-12-14-16-25/h1,12-20,22-23,27-28H,21H2,2-10H3,(H,35,41)(H,36,38). The average molecular weight is 592 g/mol. The van der Waals surface area contributed by atoms with E-state index in [1.165, 1.54) is 11.8 Å². The van der Waals surface area contributed by atoms with Crippen LogP contribution >= 0.6 is 0 Å². The molecule has 0 aromatic heterocycles. The normalized spacial score (nSPS) is 13.6. The molecule has 3 unspecified atom stereocenters. The van der Waals surface area contributed by atoms with E-state index in [1.807, 2.05) is 30.3 Å². The lowest BCUT2D eigenvalue weighted by Crippen LogP contribution is -2.56. The molecule has 2 aromatic rings. The number of benzene rings is 2. The number of rotatable bonds is 10. The quantitative estimate of drug-likeness (QED) is 0.299. The Balaban J connectivity index is 2.52. The van der Waals surface area contributed by atoms with Gasteiger partial charge < -0.3 is 25.0 Å². The smallest absolute Gasteiger partial charge is 0.408 e. The first-order valence-corrected chi connectivity index (χ1v) is 14.4. The molecule has 0 bridgehead atoms. The predicted octanol–water partition coefficient (Wildman–Crippen LogP) is 4.93. The molecule has 0 fully saturated rings. The molecule has 3 atom stereocenters. The van der Waals surface area contributed by atoms with Gasteiger partial charge in [-0.25, -0.2) is 9.59 Å². The van der Waals surface area contributed by atoms with E-state index in [1.54, 1.807) is 79.7 Å². The molecule has 0 aliphatic carbocycles. The molecule has 232 valence electrons. The Hall–Kier alpha value is -4.32. The lowest BCUT2D eigenvalue weighted by atomic mass is 9.98. The van der Waals surface area contributed by atoms with Crippen LogP contribution in [-0.2, 0) is 30.3 Å². The SMILES string of the molecule is C#Cc1ccc(C(C(=O)NC(Cc2ccccc2)C(=O)OC(C)(C)C)N(C(=O)C(C)NC(=O)OC(C)(C)C)C(C)C)cc1. The van der Waals surface area contributed by atoms with Crippen molar-refractivity contribution in [2.75, 3.05) is 0 Å². The number of carbonyl (C=O) groups excluding carboxylic acids is 4. The molecule has 2 aromatic carbocycles. The number of nitrogens with one attached hydrogen (secondary N) is 2. The molecule has 0 aliphatic rings. The van der Waals surface area contributed by atoms with Gasteiger partial charge in [0.25, 0.3) is 0 Å². The Labute approximate surface area is 255 Å². The van der Waals surface area contributed by atoms with E-state index in [4.69, 9.17) is 15.9 Å². The summed E-state index contributed by atoms with van der Waals surface area (Å²) in [5.41, 5.74) is 0.345. The summed E-state index contributed by atoms with van der Waals surface area (Å²) in [5, 5.41) is 5.42. The molecule has 2 rings (SSSR count). The summed E-state index contributed by atoms with van der Waals surface area (Å²) in [6.45, 7) is 15.5. The number of ether oxygens (including phenoxy) is 2. The molecular weight excluding hydrogens is 546 g/mol. The largest absolute Gasteiger partial charge is 0.458 e. The highest BCUT2D eigenvalue weighted by molar-refractivity contribution is 5.94. The van der Waals surface area contributed by atoms with Crippen LogP contribution < -0.4 is 10.6 Å². The number of terminal acetylenes is 1. The summed E-state index contributed by atoms with van der Waals surface area (Å²) in [6, 6.07) is 12.3. The zero-order chi connectivity index (χ0) is 32.5. The van der Waals surface area contributed by atoms with Gasteiger partial charge in [0.2, 0.25) is 11.8 Å². The maximum Gasteiger partial charge on any atom is 0.408 e. The van der Waals surface area contributed by atoms with E-state index in [-0.39, 0.29) is 6.42 Å². The van der Waals surface area contributed by atoms with Gasteiger partial charge in [-0.3, -0.25) is 9.59 Å². The van der Waals surface area contributed by atoms with E-state index in [9.17, 15) is 19.2 Å². The van der Waals surface area contributed by atoms with Gasteiger partial charge in [0.15, 0.2) is 0 Å². The van der Waals surface area contributed by atoms with Gasteiger partial charge in [-0.15, -0.1) is 6.42 Å². The van der Waals surface area contributed by atoms with Crippen LogP contribution in [0.3, 0.4) is 0 Å². The van der Waals surface area contributed by atoms with Crippen molar-refractivity contribution in [2.24, 2.45) is 0 Å². The Kier molecular flexibility index (Phi) is 11.9. The molecular formula is C34H45N3O6. The van der Waals surface area contributed by atoms with Gasteiger partial charge in [-0.1, -0.05) is 48.4 Å². The summed E-state index contributed by atoms with van der Waals surface area (Å²) < 4.78 is 11.0. The summed E-state index contributed by atoms with van der Waals surface area (Å²) >= 11 is 0. The average Bonchev–Trinajstić information content (AvgIpc) is 2.89. The van der Waals surface area contributed by atoms with Gasteiger partial charge in [-0.2, -0.15) is 0 Å². The van der Waals surface area contributed by atoms with Crippen LogP contribution in [0.4, 0.5) is 4.79 Å². The molecule has 0 aliphatic heterocycles. The van der Waals surface area contributed by atoms with E-state index in [0.29, 0.717) is 11.1 Å². The van der Waals surface area contributed by atoms with Crippen LogP contribution in [0.2, 0.25) is 0 Å². The Morgan fingerprint density at radius 1 is 0.837 bits per heavy atom. The summed E-state index contributed by atoms with van der Waals surface area (Å²) in [5.74, 6) is 0.839. The first-order valence-electron chi connectivity index (χ1n) is 14.4. The van der Waals surface area contributed by atoms with Crippen molar-refractivity contribution in [3.8, 4) is 12.3 Å². The number of nitrogens with zero attached hydrogens (tertiary/aromatic N) is 1. The minimum absolute atomic E-state index is 0.177. The van der Waals surface area contributed by atoms with Gasteiger partial charge >= 0.3 is 12.1 Å². The number of carbonyl (C=O) groups is 4. The highest BCUT2D eigenvalue weighted by atomic mass is 16.6. The zero-order valence-corrected chi connectivity index (χ0v) is 26.7. The van der Waals surface area contributed by atoms with E-state index >= 15 is 0 Å². The predicted molar refractivity (Wildman–Crippen MR) is 166 cm³/mol. The van der Waals surface area contributed by atoms with Crippen molar-refractivity contribution in [1.82, 2.24) is 15.5 Å². The lowest BCUT2D eigenvalue weighted by Gasteiger charge is -2.37. The zero-order valence-electron chi connectivity index (χ0n) is 26.7. The second-order valence-electron chi connectivity index (χ2n) is 12.7. The lowest BCUT2D eigenvalue weighted by molar-refractivity contribution is -0.159. The summed E-state index contributed by atoms with van der Waals surface area (Å²) in [6.07, 6.45) is 4.96. The fraction of sp³-hybridized carbons (Fsp3) is 0.471. The van der Waals surface area contributed by atoms with E-state index < -0.39 is 59.2 Å². The van der Waals surface area contributed by atoms with Crippen LogP contribution in [0.25, 0.3) is 0 Å². The monoisotopic (exact) mass is 591 g/mol. The van der Waals surface area contributed by atoms with Crippen LogP contribution in [0, 0.1) is 12.3 Å². The number of esters is 1. The number of hydrogen-bond acceptors (Lipinski definition) is 6. The third-order valence-electron chi connectivity index (χ3n) is 6.12. The van der Waals surface area contributed by atoms with Crippen LogP contribution in [0.15, 0.2) is 54.6 Å². The molecule has 0 radical (unpaired) electrons. The highest BCUT2D eigenvalue weighted by Gasteiger charge is 2.38. The molecule has 9 heteroatoms. The third kappa shape index (κ3) is 11.1.